The van der Waals surface area contributed by atoms with Crippen LogP contribution in [0.5, 0.6) is 11.5 Å². The van der Waals surface area contributed by atoms with Crippen molar-refractivity contribution >= 4 is 29.3 Å². The van der Waals surface area contributed by atoms with Gasteiger partial charge < -0.3 is 10.1 Å². The van der Waals surface area contributed by atoms with Crippen LogP contribution in [0.4, 0.5) is 11.6 Å². The van der Waals surface area contributed by atoms with Crippen molar-refractivity contribution in [2.75, 3.05) is 5.32 Å². The number of allylic oxidation sites excluding steroid dienone is 1. The Morgan fingerprint density at radius 3 is 2.86 bits per heavy atom. The first-order valence-corrected chi connectivity index (χ1v) is 9.60. The van der Waals surface area contributed by atoms with Crippen molar-refractivity contribution in [1.29, 1.82) is 5.26 Å². The Bertz CT molecular complexity index is 1120. The molecule has 1 heterocycles. The normalized spacial score (nSPS) is 13.3. The summed E-state index contributed by atoms with van der Waals surface area (Å²) in [6, 6.07) is 13.1. The Balaban J connectivity index is 1.56. The average Bonchev–Trinajstić information content (AvgIpc) is 3.54. The van der Waals surface area contributed by atoms with E-state index in [0.29, 0.717) is 28.4 Å². The van der Waals surface area contributed by atoms with Crippen LogP contribution in [-0.2, 0) is 0 Å². The van der Waals surface area contributed by atoms with E-state index in [0.717, 1.165) is 35.5 Å². The van der Waals surface area contributed by atoms with Crippen LogP contribution >= 0.6 is 11.6 Å². The molecule has 1 aromatic heterocycles. The van der Waals surface area contributed by atoms with Gasteiger partial charge in [0.15, 0.2) is 0 Å². The van der Waals surface area contributed by atoms with Gasteiger partial charge in [0.05, 0.1) is 11.1 Å². The molecule has 0 unspecified atom stereocenters. The number of hydrogen-bond donors (Lipinski definition) is 1. The summed E-state index contributed by atoms with van der Waals surface area (Å²) in [5.74, 6) is 2.92. The molecule has 0 bridgehead atoms. The molecular formula is C22H18ClN5O. The van der Waals surface area contributed by atoms with Gasteiger partial charge in [-0.25, -0.2) is 9.97 Å². The number of ether oxygens (including phenoxy) is 1. The molecule has 0 saturated heterocycles. The summed E-state index contributed by atoms with van der Waals surface area (Å²) in [6.07, 6.45) is 6.95. The van der Waals surface area contributed by atoms with E-state index in [1.165, 1.54) is 12.4 Å². The Morgan fingerprint density at radius 1 is 1.21 bits per heavy atom. The molecule has 144 valence electrons. The van der Waals surface area contributed by atoms with Gasteiger partial charge in [0, 0.05) is 23.7 Å². The molecule has 0 amide bonds. The van der Waals surface area contributed by atoms with E-state index in [9.17, 15) is 0 Å². The van der Waals surface area contributed by atoms with Gasteiger partial charge in [0.2, 0.25) is 5.95 Å². The predicted octanol–water partition coefficient (Wildman–Crippen LogP) is 5.78. The number of nitriles is 1. The van der Waals surface area contributed by atoms with Crippen molar-refractivity contribution in [1.82, 2.24) is 15.0 Å². The summed E-state index contributed by atoms with van der Waals surface area (Å²) >= 11 is 6.34. The molecule has 0 atom stereocenters. The fraction of sp³-hybridized carbons (Fsp3) is 0.182. The highest BCUT2D eigenvalue weighted by Crippen LogP contribution is 2.38. The molecular weight excluding hydrogens is 386 g/mol. The van der Waals surface area contributed by atoms with Gasteiger partial charge in [0.25, 0.3) is 0 Å². The van der Waals surface area contributed by atoms with E-state index in [-0.39, 0.29) is 0 Å². The van der Waals surface area contributed by atoms with Crippen molar-refractivity contribution in [2.24, 2.45) is 0 Å². The number of nitrogens with zero attached hydrogens (tertiary/aromatic N) is 4. The van der Waals surface area contributed by atoms with Crippen LogP contribution in [0.1, 0.15) is 35.7 Å². The Labute approximate surface area is 173 Å². The van der Waals surface area contributed by atoms with Crippen LogP contribution in [0.2, 0.25) is 5.02 Å². The minimum Gasteiger partial charge on any atom is -0.456 e. The number of aryl methyl sites for hydroxylation is 1. The topological polar surface area (TPSA) is 83.7 Å². The quantitative estimate of drug-likeness (QED) is 0.525. The molecule has 2 aromatic carbocycles. The number of anilines is 2. The summed E-state index contributed by atoms with van der Waals surface area (Å²) in [4.78, 5) is 12.9. The monoisotopic (exact) mass is 403 g/mol. The second-order valence-electron chi connectivity index (χ2n) is 6.86. The fourth-order valence-electron chi connectivity index (χ4n) is 2.89. The summed E-state index contributed by atoms with van der Waals surface area (Å²) in [5, 5.41) is 12.4. The second-order valence-corrected chi connectivity index (χ2v) is 7.26. The standard InChI is InChI=1S/C22H18ClN5O/c1-14-9-15(3-2-8-24)11-18(10-14)29-20-12-17(6-7-19(20)23)27-22-26-13-25-21(28-22)16-4-5-16/h2-3,6-7,9-13,16H,4-5H2,1H3,(H,25,26,27,28)/b3-2+. The van der Waals surface area contributed by atoms with Crippen molar-refractivity contribution in [3.05, 3.63) is 70.8 Å². The summed E-state index contributed by atoms with van der Waals surface area (Å²) in [6.45, 7) is 1.97. The zero-order valence-corrected chi connectivity index (χ0v) is 16.5. The molecule has 1 N–H and O–H groups in total. The molecule has 7 heteroatoms. The number of aromatic nitrogens is 3. The highest BCUT2D eigenvalue weighted by atomic mass is 35.5. The number of benzene rings is 2. The first-order valence-electron chi connectivity index (χ1n) is 9.22. The number of rotatable bonds is 6. The lowest BCUT2D eigenvalue weighted by molar-refractivity contribution is 0.482. The third-order valence-corrected chi connectivity index (χ3v) is 4.68. The van der Waals surface area contributed by atoms with Crippen LogP contribution in [0.3, 0.4) is 0 Å². The predicted molar refractivity (Wildman–Crippen MR) is 112 cm³/mol. The molecule has 29 heavy (non-hydrogen) atoms. The van der Waals surface area contributed by atoms with Crippen molar-refractivity contribution in [3.8, 4) is 17.6 Å². The van der Waals surface area contributed by atoms with E-state index in [1.807, 2.05) is 37.3 Å². The van der Waals surface area contributed by atoms with Crippen LogP contribution < -0.4 is 10.1 Å². The summed E-state index contributed by atoms with van der Waals surface area (Å²) in [7, 11) is 0. The van der Waals surface area contributed by atoms with Gasteiger partial charge in [-0.05, 0) is 61.2 Å². The van der Waals surface area contributed by atoms with Crippen molar-refractivity contribution in [3.63, 3.8) is 0 Å². The van der Waals surface area contributed by atoms with Crippen LogP contribution in [0, 0.1) is 18.3 Å². The molecule has 1 fully saturated rings. The molecule has 6 nitrogen and oxygen atoms in total. The molecule has 1 aliphatic rings. The fourth-order valence-corrected chi connectivity index (χ4v) is 3.04. The lowest BCUT2D eigenvalue weighted by Crippen LogP contribution is -2.01. The van der Waals surface area contributed by atoms with Gasteiger partial charge in [-0.1, -0.05) is 17.7 Å². The Hall–Kier alpha value is -3.43. The molecule has 0 aliphatic heterocycles. The summed E-state index contributed by atoms with van der Waals surface area (Å²) in [5.41, 5.74) is 2.66. The van der Waals surface area contributed by atoms with Crippen molar-refractivity contribution < 1.29 is 4.74 Å². The highest BCUT2D eigenvalue weighted by molar-refractivity contribution is 6.32. The third-order valence-electron chi connectivity index (χ3n) is 4.37. The maximum absolute atomic E-state index is 8.73. The molecule has 3 aromatic rings. The first-order chi connectivity index (χ1) is 14.1. The lowest BCUT2D eigenvalue weighted by Gasteiger charge is -2.12. The molecule has 0 radical (unpaired) electrons. The first kappa shape index (κ1) is 18.9. The van der Waals surface area contributed by atoms with E-state index >= 15 is 0 Å². The van der Waals surface area contributed by atoms with E-state index in [4.69, 9.17) is 21.6 Å². The number of halogens is 1. The van der Waals surface area contributed by atoms with Gasteiger partial charge >= 0.3 is 0 Å². The minimum absolute atomic E-state index is 0.452. The van der Waals surface area contributed by atoms with E-state index < -0.39 is 0 Å². The lowest BCUT2D eigenvalue weighted by atomic mass is 10.1. The number of nitrogens with one attached hydrogen (secondary N) is 1. The molecule has 0 spiro atoms. The van der Waals surface area contributed by atoms with Gasteiger partial charge in [-0.3, -0.25) is 0 Å². The Morgan fingerprint density at radius 2 is 2.07 bits per heavy atom. The maximum atomic E-state index is 8.73. The van der Waals surface area contributed by atoms with Gasteiger partial charge in [-0.15, -0.1) is 0 Å². The number of hydrogen-bond acceptors (Lipinski definition) is 6. The zero-order valence-electron chi connectivity index (χ0n) is 15.8. The zero-order chi connectivity index (χ0) is 20.2. The van der Waals surface area contributed by atoms with Crippen LogP contribution in [0.15, 0.2) is 48.8 Å². The van der Waals surface area contributed by atoms with Gasteiger partial charge in [-0.2, -0.15) is 10.2 Å². The third kappa shape index (κ3) is 4.89. The highest BCUT2D eigenvalue weighted by Gasteiger charge is 2.26. The van der Waals surface area contributed by atoms with E-state index in [1.54, 1.807) is 18.2 Å². The van der Waals surface area contributed by atoms with Crippen LogP contribution in [0.25, 0.3) is 6.08 Å². The SMILES string of the molecule is Cc1cc(/C=C/C#N)cc(Oc2cc(Nc3ncnc(C4CC4)n3)ccc2Cl)c1. The minimum atomic E-state index is 0.452. The molecule has 4 rings (SSSR count). The average molecular weight is 404 g/mol. The molecule has 1 saturated carbocycles. The van der Waals surface area contributed by atoms with Crippen molar-refractivity contribution in [2.45, 2.75) is 25.7 Å². The molecule has 1 aliphatic carbocycles. The second kappa shape index (κ2) is 8.29. The smallest absolute Gasteiger partial charge is 0.230 e. The summed E-state index contributed by atoms with van der Waals surface area (Å²) < 4.78 is 6.02. The largest absolute Gasteiger partial charge is 0.456 e. The van der Waals surface area contributed by atoms with Gasteiger partial charge in [0.1, 0.15) is 23.7 Å². The van der Waals surface area contributed by atoms with E-state index in [2.05, 4.69) is 20.3 Å². The maximum Gasteiger partial charge on any atom is 0.230 e. The Kier molecular flexibility index (Phi) is 5.41. The van der Waals surface area contributed by atoms with Crippen LogP contribution in [-0.4, -0.2) is 15.0 Å².